The van der Waals surface area contributed by atoms with Crippen molar-refractivity contribution in [1.29, 1.82) is 0 Å². The molecule has 0 atom stereocenters. The fourth-order valence-corrected chi connectivity index (χ4v) is 4.63. The van der Waals surface area contributed by atoms with Crippen molar-refractivity contribution in [2.45, 2.75) is 76.4 Å². The quantitative estimate of drug-likeness (QED) is 0.658. The zero-order chi connectivity index (χ0) is 23.2. The van der Waals surface area contributed by atoms with E-state index in [4.69, 9.17) is 4.52 Å². The summed E-state index contributed by atoms with van der Waals surface area (Å²) in [4.78, 5) is 31.9. The Kier molecular flexibility index (Phi) is 8.13. The third-order valence-electron chi connectivity index (χ3n) is 6.17. The predicted molar refractivity (Wildman–Crippen MR) is 110 cm³/mol. The molecule has 1 aromatic rings. The Labute approximate surface area is 185 Å². The molecule has 1 aromatic heterocycles. The highest BCUT2D eigenvalue weighted by atomic mass is 19.4. The van der Waals surface area contributed by atoms with E-state index in [1.807, 2.05) is 0 Å². The zero-order valence-corrected chi connectivity index (χ0v) is 18.5. The number of amides is 2. The molecule has 1 aliphatic heterocycles. The highest BCUT2D eigenvalue weighted by Gasteiger charge is 2.38. The number of halogens is 3. The minimum absolute atomic E-state index is 0.135. The van der Waals surface area contributed by atoms with Crippen molar-refractivity contribution in [1.82, 2.24) is 25.3 Å². The second-order valence-corrected chi connectivity index (χ2v) is 8.81. The SMILES string of the molecule is CC(=O)NC1(c2noc(CCC(=O)N3CCCN(CC(F)(F)F)CC3)n2)CCCCCC1. The third kappa shape index (κ3) is 6.91. The van der Waals surface area contributed by atoms with Gasteiger partial charge in [-0.3, -0.25) is 14.5 Å². The van der Waals surface area contributed by atoms with E-state index in [1.54, 1.807) is 4.90 Å². The normalized spacial score (nSPS) is 20.4. The van der Waals surface area contributed by atoms with Gasteiger partial charge in [-0.15, -0.1) is 0 Å². The number of rotatable bonds is 6. The highest BCUT2D eigenvalue weighted by Crippen LogP contribution is 2.34. The van der Waals surface area contributed by atoms with Crippen molar-refractivity contribution in [2.24, 2.45) is 0 Å². The van der Waals surface area contributed by atoms with Gasteiger partial charge in [0.15, 0.2) is 5.82 Å². The standard InChI is InChI=1S/C21H32F3N5O3/c1-16(30)26-20(9-4-2-3-5-10-20)19-25-17(32-27-19)7-8-18(31)29-12-6-11-28(13-14-29)15-21(22,23)24/h2-15H2,1H3,(H,26,30). The number of aromatic nitrogens is 2. The van der Waals surface area contributed by atoms with Crippen LogP contribution in [0.1, 0.15) is 70.0 Å². The lowest BCUT2D eigenvalue weighted by molar-refractivity contribution is -0.145. The summed E-state index contributed by atoms with van der Waals surface area (Å²) in [5.41, 5.74) is -0.638. The topological polar surface area (TPSA) is 91.6 Å². The van der Waals surface area contributed by atoms with Gasteiger partial charge in [0.1, 0.15) is 5.54 Å². The first-order valence-electron chi connectivity index (χ1n) is 11.4. The summed E-state index contributed by atoms with van der Waals surface area (Å²) in [6.07, 6.45) is 2.27. The number of aryl methyl sites for hydroxylation is 1. The first-order valence-corrected chi connectivity index (χ1v) is 11.4. The van der Waals surface area contributed by atoms with Crippen LogP contribution in [-0.2, 0) is 21.5 Å². The van der Waals surface area contributed by atoms with Crippen LogP contribution in [0.3, 0.4) is 0 Å². The van der Waals surface area contributed by atoms with E-state index in [1.165, 1.54) is 11.8 Å². The van der Waals surface area contributed by atoms with Gasteiger partial charge in [-0.2, -0.15) is 18.2 Å². The van der Waals surface area contributed by atoms with Crippen LogP contribution in [0.4, 0.5) is 13.2 Å². The van der Waals surface area contributed by atoms with Crippen molar-refractivity contribution in [3.63, 3.8) is 0 Å². The molecule has 1 saturated heterocycles. The van der Waals surface area contributed by atoms with Gasteiger partial charge in [-0.25, -0.2) is 0 Å². The second-order valence-electron chi connectivity index (χ2n) is 8.81. The molecular formula is C21H32F3N5O3. The molecule has 2 amide bonds. The van der Waals surface area contributed by atoms with Crippen LogP contribution >= 0.6 is 0 Å². The summed E-state index contributed by atoms with van der Waals surface area (Å²) in [6, 6.07) is 0. The van der Waals surface area contributed by atoms with Crippen molar-refractivity contribution >= 4 is 11.8 Å². The van der Waals surface area contributed by atoms with Gasteiger partial charge in [0.05, 0.1) is 6.54 Å². The van der Waals surface area contributed by atoms with E-state index >= 15 is 0 Å². The fourth-order valence-electron chi connectivity index (χ4n) is 4.63. The molecule has 1 saturated carbocycles. The monoisotopic (exact) mass is 459 g/mol. The molecule has 180 valence electrons. The second kappa shape index (κ2) is 10.6. The molecule has 0 aromatic carbocycles. The van der Waals surface area contributed by atoms with Crippen LogP contribution < -0.4 is 5.32 Å². The van der Waals surface area contributed by atoms with Gasteiger partial charge in [0.2, 0.25) is 17.7 Å². The molecule has 0 radical (unpaired) electrons. The zero-order valence-electron chi connectivity index (χ0n) is 18.5. The average molecular weight is 460 g/mol. The van der Waals surface area contributed by atoms with E-state index in [9.17, 15) is 22.8 Å². The lowest BCUT2D eigenvalue weighted by atomic mass is 9.89. The van der Waals surface area contributed by atoms with E-state index in [0.717, 1.165) is 38.5 Å². The molecule has 32 heavy (non-hydrogen) atoms. The number of carbonyl (C=O) groups is 2. The molecule has 0 spiro atoms. The first kappa shape index (κ1) is 24.5. The summed E-state index contributed by atoms with van der Waals surface area (Å²) >= 11 is 0. The average Bonchev–Trinajstić information content (AvgIpc) is 2.90. The maximum absolute atomic E-state index is 12.6. The van der Waals surface area contributed by atoms with Crippen molar-refractivity contribution in [3.8, 4) is 0 Å². The smallest absolute Gasteiger partial charge is 0.343 e. The molecule has 2 heterocycles. The van der Waals surface area contributed by atoms with E-state index < -0.39 is 18.3 Å². The number of alkyl halides is 3. The Morgan fingerprint density at radius 2 is 1.78 bits per heavy atom. The molecule has 2 fully saturated rings. The summed E-state index contributed by atoms with van der Waals surface area (Å²) in [7, 11) is 0. The molecular weight excluding hydrogens is 427 g/mol. The van der Waals surface area contributed by atoms with E-state index in [0.29, 0.717) is 31.2 Å². The maximum Gasteiger partial charge on any atom is 0.401 e. The first-order chi connectivity index (χ1) is 15.2. The van der Waals surface area contributed by atoms with Crippen LogP contribution in [0.25, 0.3) is 0 Å². The van der Waals surface area contributed by atoms with Gasteiger partial charge in [0.25, 0.3) is 0 Å². The maximum atomic E-state index is 12.6. The number of nitrogens with zero attached hydrogens (tertiary/aromatic N) is 4. The van der Waals surface area contributed by atoms with Crippen LogP contribution in [0.2, 0.25) is 0 Å². The van der Waals surface area contributed by atoms with Crippen molar-refractivity contribution in [2.75, 3.05) is 32.7 Å². The molecule has 11 heteroatoms. The van der Waals surface area contributed by atoms with E-state index in [-0.39, 0.29) is 37.7 Å². The molecule has 2 aliphatic rings. The molecule has 1 aliphatic carbocycles. The summed E-state index contributed by atoms with van der Waals surface area (Å²) in [5, 5.41) is 7.14. The summed E-state index contributed by atoms with van der Waals surface area (Å²) < 4.78 is 43.3. The number of nitrogens with one attached hydrogen (secondary N) is 1. The van der Waals surface area contributed by atoms with Crippen molar-refractivity contribution < 1.29 is 27.3 Å². The Morgan fingerprint density at radius 1 is 1.06 bits per heavy atom. The van der Waals surface area contributed by atoms with Gasteiger partial charge in [0, 0.05) is 45.9 Å². The largest absolute Gasteiger partial charge is 0.401 e. The number of hydrogen-bond acceptors (Lipinski definition) is 6. The van der Waals surface area contributed by atoms with Gasteiger partial charge in [-0.1, -0.05) is 30.8 Å². The number of hydrogen-bond donors (Lipinski definition) is 1. The van der Waals surface area contributed by atoms with Gasteiger partial charge < -0.3 is 14.7 Å². The number of carbonyl (C=O) groups excluding carboxylic acids is 2. The van der Waals surface area contributed by atoms with E-state index in [2.05, 4.69) is 15.5 Å². The Balaban J connectivity index is 1.56. The third-order valence-corrected chi connectivity index (χ3v) is 6.17. The van der Waals surface area contributed by atoms with Gasteiger partial charge >= 0.3 is 6.18 Å². The Bertz CT molecular complexity index is 775. The molecule has 0 bridgehead atoms. The summed E-state index contributed by atoms with van der Waals surface area (Å²) in [5.74, 6) is 0.504. The van der Waals surface area contributed by atoms with Crippen LogP contribution in [-0.4, -0.2) is 70.7 Å². The van der Waals surface area contributed by atoms with Gasteiger partial charge in [-0.05, 0) is 19.3 Å². The molecule has 3 rings (SSSR count). The predicted octanol–water partition coefficient (Wildman–Crippen LogP) is 2.78. The minimum atomic E-state index is -4.24. The Morgan fingerprint density at radius 3 is 2.44 bits per heavy atom. The van der Waals surface area contributed by atoms with Crippen LogP contribution in [0.5, 0.6) is 0 Å². The molecule has 1 N–H and O–H groups in total. The van der Waals surface area contributed by atoms with Crippen LogP contribution in [0.15, 0.2) is 4.52 Å². The van der Waals surface area contributed by atoms with Crippen LogP contribution in [0, 0.1) is 0 Å². The molecule has 8 nitrogen and oxygen atoms in total. The summed E-state index contributed by atoms with van der Waals surface area (Å²) in [6.45, 7) is 1.76. The lowest BCUT2D eigenvalue weighted by Gasteiger charge is -2.30. The Hall–Kier alpha value is -2.17. The minimum Gasteiger partial charge on any atom is -0.343 e. The fraction of sp³-hybridized carbons (Fsp3) is 0.810. The lowest BCUT2D eigenvalue weighted by Crippen LogP contribution is -2.45. The molecule has 0 unspecified atom stereocenters. The highest BCUT2D eigenvalue weighted by molar-refractivity contribution is 5.76. The van der Waals surface area contributed by atoms with Crippen molar-refractivity contribution in [3.05, 3.63) is 11.7 Å².